The van der Waals surface area contributed by atoms with Crippen molar-refractivity contribution in [1.29, 1.82) is 0 Å². The molecular weight excluding hydrogens is 368 g/mol. The fraction of sp³-hybridized carbons (Fsp3) is 0.150. The van der Waals surface area contributed by atoms with Crippen LogP contribution in [0.2, 0.25) is 0 Å². The number of benzene rings is 2. The van der Waals surface area contributed by atoms with Gasteiger partial charge in [-0.25, -0.2) is 18.6 Å². The molecule has 0 radical (unpaired) electrons. The number of oxazole rings is 1. The van der Waals surface area contributed by atoms with E-state index < -0.39 is 29.1 Å². The molecule has 2 aromatic carbocycles. The van der Waals surface area contributed by atoms with Crippen molar-refractivity contribution in [3.63, 3.8) is 0 Å². The van der Waals surface area contributed by atoms with Gasteiger partial charge in [0.25, 0.3) is 5.91 Å². The lowest BCUT2D eigenvalue weighted by atomic mass is 9.91. The van der Waals surface area contributed by atoms with Gasteiger partial charge in [-0.05, 0) is 25.1 Å². The molecule has 28 heavy (non-hydrogen) atoms. The molecule has 1 N–H and O–H groups in total. The molecule has 0 aliphatic carbocycles. The zero-order valence-electron chi connectivity index (χ0n) is 14.8. The molecular formula is C20H15F2N3O3. The van der Waals surface area contributed by atoms with Gasteiger partial charge in [0, 0.05) is 11.1 Å². The second-order valence-corrected chi connectivity index (χ2v) is 6.55. The molecule has 8 heteroatoms. The third-order valence-corrected chi connectivity index (χ3v) is 4.65. The molecule has 0 bridgehead atoms. The summed E-state index contributed by atoms with van der Waals surface area (Å²) in [7, 11) is 0. The Hall–Kier alpha value is -3.55. The molecule has 1 atom stereocenters. The number of hydrogen-bond acceptors (Lipinski definition) is 4. The van der Waals surface area contributed by atoms with Gasteiger partial charge in [-0.15, -0.1) is 0 Å². The van der Waals surface area contributed by atoms with Gasteiger partial charge < -0.3 is 9.73 Å². The SMILES string of the molecule is C[C@]1(c2cc(F)ccc2F)NC(=O)N(Cc2ncc(-c3ccccc3)o2)C1=O. The van der Waals surface area contributed by atoms with Crippen LogP contribution in [0.1, 0.15) is 18.4 Å². The fourth-order valence-corrected chi connectivity index (χ4v) is 3.16. The average Bonchev–Trinajstić information content (AvgIpc) is 3.24. The van der Waals surface area contributed by atoms with Crippen molar-refractivity contribution >= 4 is 11.9 Å². The summed E-state index contributed by atoms with van der Waals surface area (Å²) < 4.78 is 33.4. The number of carbonyl (C=O) groups excluding carboxylic acids is 2. The Morgan fingerprint density at radius 3 is 2.64 bits per heavy atom. The number of nitrogens with zero attached hydrogens (tertiary/aromatic N) is 2. The highest BCUT2D eigenvalue weighted by atomic mass is 19.1. The number of hydrogen-bond donors (Lipinski definition) is 1. The molecule has 6 nitrogen and oxygen atoms in total. The normalized spacial score (nSPS) is 19.2. The van der Waals surface area contributed by atoms with Crippen LogP contribution >= 0.6 is 0 Å². The van der Waals surface area contributed by atoms with Crippen LogP contribution < -0.4 is 5.32 Å². The maximum atomic E-state index is 14.2. The first-order valence-electron chi connectivity index (χ1n) is 8.48. The lowest BCUT2D eigenvalue weighted by molar-refractivity contribution is -0.131. The van der Waals surface area contributed by atoms with Crippen molar-refractivity contribution in [1.82, 2.24) is 15.2 Å². The highest BCUT2D eigenvalue weighted by Crippen LogP contribution is 2.32. The van der Waals surface area contributed by atoms with Gasteiger partial charge in [0.1, 0.15) is 23.7 Å². The van der Waals surface area contributed by atoms with Crippen LogP contribution in [-0.2, 0) is 16.9 Å². The summed E-state index contributed by atoms with van der Waals surface area (Å²) in [5.74, 6) is -1.59. The topological polar surface area (TPSA) is 75.4 Å². The predicted molar refractivity (Wildman–Crippen MR) is 94.7 cm³/mol. The first-order chi connectivity index (χ1) is 13.4. The summed E-state index contributed by atoms with van der Waals surface area (Å²) in [6, 6.07) is 11.2. The van der Waals surface area contributed by atoms with E-state index in [-0.39, 0.29) is 18.0 Å². The van der Waals surface area contributed by atoms with Gasteiger partial charge in [-0.2, -0.15) is 0 Å². The van der Waals surface area contributed by atoms with Crippen molar-refractivity contribution in [2.75, 3.05) is 0 Å². The Balaban J connectivity index is 1.60. The van der Waals surface area contributed by atoms with Crippen LogP contribution in [0.25, 0.3) is 11.3 Å². The molecule has 3 amide bonds. The lowest BCUT2D eigenvalue weighted by Crippen LogP contribution is -2.41. The quantitative estimate of drug-likeness (QED) is 0.699. The molecule has 0 saturated carbocycles. The van der Waals surface area contributed by atoms with E-state index in [9.17, 15) is 18.4 Å². The molecule has 142 valence electrons. The average molecular weight is 383 g/mol. The highest BCUT2D eigenvalue weighted by molar-refractivity contribution is 6.07. The molecule has 1 aliphatic heterocycles. The summed E-state index contributed by atoms with van der Waals surface area (Å²) in [5, 5.41) is 2.43. The molecule has 1 fully saturated rings. The minimum absolute atomic E-state index is 0.145. The largest absolute Gasteiger partial charge is 0.439 e. The summed E-state index contributed by atoms with van der Waals surface area (Å²) in [6.07, 6.45) is 1.49. The van der Waals surface area contributed by atoms with Crippen LogP contribution in [0.15, 0.2) is 59.1 Å². The van der Waals surface area contributed by atoms with Crippen LogP contribution in [0.4, 0.5) is 13.6 Å². The zero-order chi connectivity index (χ0) is 19.9. The van der Waals surface area contributed by atoms with Crippen molar-refractivity contribution in [3.8, 4) is 11.3 Å². The first kappa shape index (κ1) is 17.8. The van der Waals surface area contributed by atoms with E-state index in [0.717, 1.165) is 28.7 Å². The van der Waals surface area contributed by atoms with Crippen molar-refractivity contribution in [2.45, 2.75) is 19.0 Å². The second kappa shape index (κ2) is 6.56. The van der Waals surface area contributed by atoms with Crippen LogP contribution in [-0.4, -0.2) is 21.8 Å². The summed E-state index contributed by atoms with van der Waals surface area (Å²) in [5.41, 5.74) is -1.17. The first-order valence-corrected chi connectivity index (χ1v) is 8.48. The molecule has 0 unspecified atom stereocenters. The summed E-state index contributed by atoms with van der Waals surface area (Å²) in [6.45, 7) is 1.10. The van der Waals surface area contributed by atoms with E-state index in [1.54, 1.807) is 0 Å². The molecule has 4 rings (SSSR count). The molecule has 1 aliphatic rings. The Morgan fingerprint density at radius 1 is 1.14 bits per heavy atom. The van der Waals surface area contributed by atoms with Crippen LogP contribution in [0.3, 0.4) is 0 Å². The van der Waals surface area contributed by atoms with Crippen LogP contribution in [0.5, 0.6) is 0 Å². The van der Waals surface area contributed by atoms with E-state index in [1.165, 1.54) is 13.1 Å². The monoisotopic (exact) mass is 383 g/mol. The minimum Gasteiger partial charge on any atom is -0.439 e. The number of carbonyl (C=O) groups is 2. The third-order valence-electron chi connectivity index (χ3n) is 4.65. The molecule has 3 aromatic rings. The van der Waals surface area contributed by atoms with E-state index in [1.807, 2.05) is 30.3 Å². The van der Waals surface area contributed by atoms with E-state index in [2.05, 4.69) is 10.3 Å². The van der Waals surface area contributed by atoms with E-state index in [0.29, 0.717) is 5.76 Å². The predicted octanol–water partition coefficient (Wildman–Crippen LogP) is 3.59. The summed E-state index contributed by atoms with van der Waals surface area (Å²) >= 11 is 0. The van der Waals surface area contributed by atoms with Gasteiger partial charge in [0.15, 0.2) is 5.76 Å². The number of urea groups is 1. The van der Waals surface area contributed by atoms with Gasteiger partial charge in [0.05, 0.1) is 6.20 Å². The summed E-state index contributed by atoms with van der Waals surface area (Å²) in [4.78, 5) is 30.2. The number of amides is 3. The number of imide groups is 1. The van der Waals surface area contributed by atoms with Gasteiger partial charge >= 0.3 is 6.03 Å². The third kappa shape index (κ3) is 2.92. The van der Waals surface area contributed by atoms with Gasteiger partial charge in [-0.1, -0.05) is 30.3 Å². The number of nitrogens with one attached hydrogen (secondary N) is 1. The van der Waals surface area contributed by atoms with Crippen molar-refractivity contribution < 1.29 is 22.8 Å². The fourth-order valence-electron chi connectivity index (χ4n) is 3.16. The molecule has 1 aromatic heterocycles. The smallest absolute Gasteiger partial charge is 0.325 e. The molecule has 2 heterocycles. The molecule has 0 spiro atoms. The standard InChI is InChI=1S/C20H15F2N3O3/c1-20(14-9-13(21)7-8-15(14)22)18(26)25(19(27)24-20)11-17-23-10-16(28-17)12-5-3-2-4-6-12/h2-10H,11H2,1H3,(H,24,27)/t20-/m1/s1. The second-order valence-electron chi connectivity index (χ2n) is 6.55. The number of rotatable bonds is 4. The van der Waals surface area contributed by atoms with Gasteiger partial charge in [0.2, 0.25) is 5.89 Å². The lowest BCUT2D eigenvalue weighted by Gasteiger charge is -2.22. The zero-order valence-corrected chi connectivity index (χ0v) is 14.8. The van der Waals surface area contributed by atoms with Gasteiger partial charge in [-0.3, -0.25) is 9.69 Å². The Bertz CT molecular complexity index is 1070. The maximum absolute atomic E-state index is 14.2. The minimum atomic E-state index is -1.72. The van der Waals surface area contributed by atoms with E-state index >= 15 is 0 Å². The van der Waals surface area contributed by atoms with Crippen LogP contribution in [0, 0.1) is 11.6 Å². The van der Waals surface area contributed by atoms with Crippen molar-refractivity contribution in [2.24, 2.45) is 0 Å². The highest BCUT2D eigenvalue weighted by Gasteiger charge is 2.50. The molecule has 1 saturated heterocycles. The Labute approximate surface area is 158 Å². The Morgan fingerprint density at radius 2 is 1.89 bits per heavy atom. The maximum Gasteiger partial charge on any atom is 0.325 e. The van der Waals surface area contributed by atoms with E-state index in [4.69, 9.17) is 4.42 Å². The number of halogens is 2. The Kier molecular flexibility index (Phi) is 4.18. The number of aromatic nitrogens is 1. The van der Waals surface area contributed by atoms with Crippen molar-refractivity contribution in [3.05, 3.63) is 77.8 Å².